The number of urea groups is 1. The number of nitrogens with one attached hydrogen (secondary N) is 1. The first-order chi connectivity index (χ1) is 12.8. The normalized spacial score (nSPS) is 27.7. The van der Waals surface area contributed by atoms with Crippen LogP contribution in [0.1, 0.15) is 26.7 Å². The molecule has 27 heavy (non-hydrogen) atoms. The van der Waals surface area contributed by atoms with E-state index in [1.807, 2.05) is 13.8 Å². The SMILES string of the molecule is CCC(C)NC(=O)N1CCC2(OCCN2S(=O)(=O)c2ccccc2)C(F)C1. The van der Waals surface area contributed by atoms with Crippen LogP contribution in [0.15, 0.2) is 35.2 Å². The molecule has 2 heterocycles. The topological polar surface area (TPSA) is 79.0 Å². The van der Waals surface area contributed by atoms with Crippen LogP contribution < -0.4 is 5.32 Å². The van der Waals surface area contributed by atoms with Crippen LogP contribution in [-0.4, -0.2) is 67.8 Å². The number of amides is 2. The molecular formula is C18H26FN3O4S. The second-order valence-corrected chi connectivity index (χ2v) is 8.87. The molecule has 3 atom stereocenters. The lowest BCUT2D eigenvalue weighted by Gasteiger charge is -2.45. The second kappa shape index (κ2) is 7.73. The number of hydrogen-bond acceptors (Lipinski definition) is 4. The fourth-order valence-electron chi connectivity index (χ4n) is 3.52. The molecule has 150 valence electrons. The van der Waals surface area contributed by atoms with Gasteiger partial charge in [-0.25, -0.2) is 17.6 Å². The summed E-state index contributed by atoms with van der Waals surface area (Å²) in [6.45, 7) is 4.08. The molecule has 0 aromatic heterocycles. The number of carbonyl (C=O) groups excluding carboxylic acids is 1. The number of carbonyl (C=O) groups is 1. The Labute approximate surface area is 159 Å². The van der Waals surface area contributed by atoms with Gasteiger partial charge in [0.15, 0.2) is 11.9 Å². The third-order valence-electron chi connectivity index (χ3n) is 5.28. The zero-order valence-corrected chi connectivity index (χ0v) is 16.4. The summed E-state index contributed by atoms with van der Waals surface area (Å²) < 4.78 is 48.1. The van der Waals surface area contributed by atoms with Gasteiger partial charge in [-0.05, 0) is 25.5 Å². The number of piperidine rings is 1. The highest BCUT2D eigenvalue weighted by Gasteiger charge is 2.57. The van der Waals surface area contributed by atoms with Crippen molar-refractivity contribution in [1.82, 2.24) is 14.5 Å². The van der Waals surface area contributed by atoms with Crippen molar-refractivity contribution in [3.05, 3.63) is 30.3 Å². The molecule has 7 nitrogen and oxygen atoms in total. The molecule has 0 radical (unpaired) electrons. The molecule has 3 unspecified atom stereocenters. The Balaban J connectivity index is 1.79. The lowest BCUT2D eigenvalue weighted by Crippen LogP contribution is -2.63. The monoisotopic (exact) mass is 399 g/mol. The van der Waals surface area contributed by atoms with Crippen molar-refractivity contribution < 1.29 is 22.3 Å². The standard InChI is InChI=1S/C18H26FN3O4S/c1-3-14(2)20-17(23)21-10-9-18(16(19)13-21)22(11-12-26-18)27(24,25)15-7-5-4-6-8-15/h4-8,14,16H,3,9-13H2,1-2H3,(H,20,23). The number of nitrogens with zero attached hydrogens (tertiary/aromatic N) is 2. The van der Waals surface area contributed by atoms with Crippen LogP contribution in [0.5, 0.6) is 0 Å². The van der Waals surface area contributed by atoms with Crippen molar-refractivity contribution in [2.75, 3.05) is 26.2 Å². The van der Waals surface area contributed by atoms with E-state index in [-0.39, 0.29) is 49.6 Å². The maximum atomic E-state index is 15.2. The quantitative estimate of drug-likeness (QED) is 0.839. The van der Waals surface area contributed by atoms with Gasteiger partial charge in [-0.2, -0.15) is 4.31 Å². The largest absolute Gasteiger partial charge is 0.355 e. The van der Waals surface area contributed by atoms with Gasteiger partial charge in [-0.3, -0.25) is 0 Å². The van der Waals surface area contributed by atoms with Crippen molar-refractivity contribution in [1.29, 1.82) is 0 Å². The van der Waals surface area contributed by atoms with Crippen molar-refractivity contribution >= 4 is 16.1 Å². The van der Waals surface area contributed by atoms with Gasteiger partial charge in [0.25, 0.3) is 0 Å². The highest BCUT2D eigenvalue weighted by Crippen LogP contribution is 2.39. The average Bonchev–Trinajstić information content (AvgIpc) is 3.10. The molecule has 2 saturated heterocycles. The first-order valence-corrected chi connectivity index (χ1v) is 10.7. The van der Waals surface area contributed by atoms with Crippen LogP contribution in [0, 0.1) is 0 Å². The number of sulfonamides is 1. The Morgan fingerprint density at radius 3 is 2.70 bits per heavy atom. The maximum absolute atomic E-state index is 15.2. The molecule has 9 heteroatoms. The Bertz CT molecular complexity index is 776. The zero-order valence-electron chi connectivity index (χ0n) is 15.6. The van der Waals surface area contributed by atoms with Crippen LogP contribution in [0.2, 0.25) is 0 Å². The third-order valence-corrected chi connectivity index (χ3v) is 7.22. The molecule has 2 fully saturated rings. The lowest BCUT2D eigenvalue weighted by molar-refractivity contribution is -0.135. The lowest BCUT2D eigenvalue weighted by atomic mass is 9.99. The highest BCUT2D eigenvalue weighted by molar-refractivity contribution is 7.89. The predicted octanol–water partition coefficient (Wildman–Crippen LogP) is 1.96. The van der Waals surface area contributed by atoms with Crippen molar-refractivity contribution in [3.63, 3.8) is 0 Å². The maximum Gasteiger partial charge on any atom is 0.317 e. The van der Waals surface area contributed by atoms with Gasteiger partial charge in [0, 0.05) is 25.6 Å². The van der Waals surface area contributed by atoms with E-state index in [0.717, 1.165) is 10.7 Å². The summed E-state index contributed by atoms with van der Waals surface area (Å²) >= 11 is 0. The van der Waals surface area contributed by atoms with E-state index in [2.05, 4.69) is 5.32 Å². The van der Waals surface area contributed by atoms with E-state index >= 15 is 4.39 Å². The van der Waals surface area contributed by atoms with E-state index in [0.29, 0.717) is 0 Å². The number of likely N-dealkylation sites (tertiary alicyclic amines) is 1. The van der Waals surface area contributed by atoms with Crippen LogP contribution >= 0.6 is 0 Å². The molecule has 2 aliphatic heterocycles. The minimum absolute atomic E-state index is 0.0101. The van der Waals surface area contributed by atoms with E-state index in [4.69, 9.17) is 4.74 Å². The summed E-state index contributed by atoms with van der Waals surface area (Å²) in [7, 11) is -3.89. The summed E-state index contributed by atoms with van der Waals surface area (Å²) in [5, 5.41) is 2.81. The van der Waals surface area contributed by atoms with Crippen molar-refractivity contribution in [2.45, 2.75) is 49.5 Å². The van der Waals surface area contributed by atoms with Crippen LogP contribution in [0.25, 0.3) is 0 Å². The molecule has 0 saturated carbocycles. The van der Waals surface area contributed by atoms with Crippen LogP contribution in [0.4, 0.5) is 9.18 Å². The fraction of sp³-hybridized carbons (Fsp3) is 0.611. The molecule has 1 spiro atoms. The van der Waals surface area contributed by atoms with Gasteiger partial charge in [0.2, 0.25) is 10.0 Å². The average molecular weight is 399 g/mol. The second-order valence-electron chi connectivity index (χ2n) is 7.01. The van der Waals surface area contributed by atoms with Gasteiger partial charge >= 0.3 is 6.03 Å². The Morgan fingerprint density at radius 2 is 2.07 bits per heavy atom. The number of hydrogen-bond donors (Lipinski definition) is 1. The van der Waals surface area contributed by atoms with Crippen LogP contribution in [-0.2, 0) is 14.8 Å². The summed E-state index contributed by atoms with van der Waals surface area (Å²) in [5.41, 5.74) is -1.55. The summed E-state index contributed by atoms with van der Waals surface area (Å²) in [5.74, 6) is 0. The van der Waals surface area contributed by atoms with Gasteiger partial charge in [0.05, 0.1) is 18.0 Å². The Hall–Kier alpha value is -1.71. The van der Waals surface area contributed by atoms with Crippen molar-refractivity contribution in [3.8, 4) is 0 Å². The molecule has 0 bridgehead atoms. The molecule has 1 aromatic carbocycles. The summed E-state index contributed by atoms with van der Waals surface area (Å²) in [6, 6.07) is 7.62. The first-order valence-electron chi connectivity index (χ1n) is 9.22. The van der Waals surface area contributed by atoms with E-state index < -0.39 is 21.9 Å². The predicted molar refractivity (Wildman–Crippen MR) is 98.4 cm³/mol. The number of ether oxygens (including phenoxy) is 1. The Morgan fingerprint density at radius 1 is 1.37 bits per heavy atom. The summed E-state index contributed by atoms with van der Waals surface area (Å²) in [4.78, 5) is 13.8. The molecule has 1 aromatic rings. The number of alkyl halides is 1. The fourth-order valence-corrected chi connectivity index (χ4v) is 5.26. The minimum Gasteiger partial charge on any atom is -0.355 e. The Kier molecular flexibility index (Phi) is 5.73. The molecule has 1 N–H and O–H groups in total. The van der Waals surface area contributed by atoms with E-state index in [1.165, 1.54) is 17.0 Å². The van der Waals surface area contributed by atoms with Gasteiger partial charge < -0.3 is 15.0 Å². The first kappa shape index (κ1) is 20.0. The van der Waals surface area contributed by atoms with Crippen LogP contribution in [0.3, 0.4) is 0 Å². The van der Waals surface area contributed by atoms with E-state index in [1.54, 1.807) is 18.2 Å². The number of rotatable bonds is 4. The molecule has 0 aliphatic carbocycles. The van der Waals surface area contributed by atoms with E-state index in [9.17, 15) is 13.2 Å². The smallest absolute Gasteiger partial charge is 0.317 e. The van der Waals surface area contributed by atoms with Gasteiger partial charge in [-0.15, -0.1) is 0 Å². The summed E-state index contributed by atoms with van der Waals surface area (Å²) in [6.07, 6.45) is -0.766. The van der Waals surface area contributed by atoms with Gasteiger partial charge in [-0.1, -0.05) is 25.1 Å². The zero-order chi connectivity index (χ0) is 19.7. The number of halogens is 1. The molecule has 2 aliphatic rings. The minimum atomic E-state index is -3.89. The molecule has 3 rings (SSSR count). The highest BCUT2D eigenvalue weighted by atomic mass is 32.2. The van der Waals surface area contributed by atoms with Gasteiger partial charge in [0.1, 0.15) is 0 Å². The van der Waals surface area contributed by atoms with Crippen molar-refractivity contribution in [2.24, 2.45) is 0 Å². The molecule has 2 amide bonds. The molecular weight excluding hydrogens is 373 g/mol. The number of benzene rings is 1. The third kappa shape index (κ3) is 3.68.